The molecule has 1 aromatic carbocycles. The van der Waals surface area contributed by atoms with Crippen molar-refractivity contribution in [3.8, 4) is 11.6 Å². The number of halogens is 3. The zero-order chi connectivity index (χ0) is 15.6. The zero-order valence-corrected chi connectivity index (χ0v) is 13.6. The lowest BCUT2D eigenvalue weighted by Crippen LogP contribution is -1.98. The van der Waals surface area contributed by atoms with Gasteiger partial charge in [-0.15, -0.1) is 11.6 Å². The molecule has 0 spiro atoms. The summed E-state index contributed by atoms with van der Waals surface area (Å²) in [6.07, 6.45) is 1.11. The third-order valence-corrected chi connectivity index (χ3v) is 3.77. The van der Waals surface area contributed by atoms with Crippen LogP contribution in [0.4, 0.5) is 4.39 Å². The Balaban J connectivity index is 2.42. The Kier molecular flexibility index (Phi) is 5.07. The summed E-state index contributed by atoms with van der Waals surface area (Å²) >= 11 is 12.0. The number of nitrogens with zero attached hydrogens (tertiary/aromatic N) is 1. The quantitative estimate of drug-likeness (QED) is 0.658. The van der Waals surface area contributed by atoms with Gasteiger partial charge < -0.3 is 4.74 Å². The average molecular weight is 328 g/mol. The van der Waals surface area contributed by atoms with Gasteiger partial charge in [-0.2, -0.15) is 0 Å². The molecule has 0 N–H and O–H groups in total. The van der Waals surface area contributed by atoms with E-state index in [2.05, 4.69) is 18.8 Å². The van der Waals surface area contributed by atoms with Crippen LogP contribution in [0.15, 0.2) is 24.4 Å². The third-order valence-electron chi connectivity index (χ3n) is 3.16. The third kappa shape index (κ3) is 3.66. The van der Waals surface area contributed by atoms with Crippen LogP contribution in [0.25, 0.3) is 0 Å². The summed E-state index contributed by atoms with van der Waals surface area (Å²) in [5, 5.41) is 0.708. The fourth-order valence-corrected chi connectivity index (χ4v) is 2.61. The summed E-state index contributed by atoms with van der Waals surface area (Å²) < 4.78 is 19.0. The first-order valence-electron chi connectivity index (χ1n) is 6.60. The monoisotopic (exact) mass is 327 g/mol. The van der Waals surface area contributed by atoms with Crippen LogP contribution in [-0.2, 0) is 5.88 Å². The summed E-state index contributed by atoms with van der Waals surface area (Å²) in [5.41, 5.74) is 2.39. The van der Waals surface area contributed by atoms with E-state index < -0.39 is 5.82 Å². The number of benzene rings is 1. The topological polar surface area (TPSA) is 22.1 Å². The molecule has 0 saturated carbocycles. The molecule has 0 amide bonds. The molecule has 0 aliphatic carbocycles. The zero-order valence-electron chi connectivity index (χ0n) is 12.1. The van der Waals surface area contributed by atoms with Crippen molar-refractivity contribution in [2.24, 2.45) is 0 Å². The minimum absolute atomic E-state index is 0.129. The lowest BCUT2D eigenvalue weighted by Gasteiger charge is -2.15. The van der Waals surface area contributed by atoms with E-state index in [0.717, 1.165) is 17.3 Å². The molecule has 2 nitrogen and oxygen atoms in total. The molecule has 2 rings (SSSR count). The molecular weight excluding hydrogens is 312 g/mol. The van der Waals surface area contributed by atoms with Gasteiger partial charge in [0.05, 0.1) is 12.1 Å². The maximum atomic E-state index is 13.2. The largest absolute Gasteiger partial charge is 0.438 e. The molecule has 0 fully saturated rings. The van der Waals surface area contributed by atoms with Gasteiger partial charge in [0, 0.05) is 10.6 Å². The fraction of sp³-hybridized carbons (Fsp3) is 0.312. The van der Waals surface area contributed by atoms with Gasteiger partial charge in [0.2, 0.25) is 5.88 Å². The first kappa shape index (κ1) is 16.1. The fourth-order valence-electron chi connectivity index (χ4n) is 1.98. The van der Waals surface area contributed by atoms with Gasteiger partial charge in [-0.05, 0) is 42.2 Å². The molecule has 1 aromatic heterocycles. The molecule has 1 heterocycles. The van der Waals surface area contributed by atoms with Crippen molar-refractivity contribution >= 4 is 23.2 Å². The van der Waals surface area contributed by atoms with Crippen molar-refractivity contribution in [3.63, 3.8) is 0 Å². The average Bonchev–Trinajstić information content (AvgIpc) is 2.42. The number of alkyl halides is 1. The first-order chi connectivity index (χ1) is 9.92. The molecule has 0 atom stereocenters. The summed E-state index contributed by atoms with van der Waals surface area (Å²) in [7, 11) is 0. The Morgan fingerprint density at radius 2 is 2.00 bits per heavy atom. The summed E-state index contributed by atoms with van der Waals surface area (Å²) in [4.78, 5) is 3.97. The molecule has 0 unspecified atom stereocenters. The Morgan fingerprint density at radius 3 is 2.62 bits per heavy atom. The van der Waals surface area contributed by atoms with Gasteiger partial charge in [-0.3, -0.25) is 0 Å². The molecule has 21 heavy (non-hydrogen) atoms. The van der Waals surface area contributed by atoms with Crippen LogP contribution in [0.5, 0.6) is 11.6 Å². The predicted molar refractivity (Wildman–Crippen MR) is 84.1 cm³/mol. The van der Waals surface area contributed by atoms with E-state index in [1.54, 1.807) is 0 Å². The molecule has 2 aromatic rings. The number of pyridine rings is 1. The van der Waals surface area contributed by atoms with E-state index in [0.29, 0.717) is 22.2 Å². The van der Waals surface area contributed by atoms with Gasteiger partial charge in [-0.25, -0.2) is 9.37 Å². The summed E-state index contributed by atoms with van der Waals surface area (Å²) in [5.74, 6) is 0.923. The highest BCUT2D eigenvalue weighted by molar-refractivity contribution is 6.31. The maximum absolute atomic E-state index is 13.2. The van der Waals surface area contributed by atoms with Crippen LogP contribution < -0.4 is 4.74 Å². The van der Waals surface area contributed by atoms with Crippen molar-refractivity contribution in [1.29, 1.82) is 0 Å². The van der Waals surface area contributed by atoms with Crippen molar-refractivity contribution in [3.05, 3.63) is 51.9 Å². The second kappa shape index (κ2) is 6.63. The summed E-state index contributed by atoms with van der Waals surface area (Å²) in [6.45, 7) is 6.01. The highest BCUT2D eigenvalue weighted by Gasteiger charge is 2.13. The van der Waals surface area contributed by atoms with Gasteiger partial charge >= 0.3 is 0 Å². The SMILES string of the molecule is Cc1cc(Cl)c(C(C)C)cc1Oc1ncc(F)cc1CCl. The van der Waals surface area contributed by atoms with E-state index in [1.165, 1.54) is 6.07 Å². The van der Waals surface area contributed by atoms with Crippen molar-refractivity contribution in [2.75, 3.05) is 0 Å². The van der Waals surface area contributed by atoms with Gasteiger partial charge in [0.15, 0.2) is 0 Å². The van der Waals surface area contributed by atoms with Crippen molar-refractivity contribution < 1.29 is 9.13 Å². The van der Waals surface area contributed by atoms with Crippen LogP contribution in [0.3, 0.4) is 0 Å². The first-order valence-corrected chi connectivity index (χ1v) is 7.52. The van der Waals surface area contributed by atoms with Crippen LogP contribution in [0.1, 0.15) is 36.5 Å². The van der Waals surface area contributed by atoms with Crippen LogP contribution in [-0.4, -0.2) is 4.98 Å². The highest BCUT2D eigenvalue weighted by atomic mass is 35.5. The number of ether oxygens (including phenoxy) is 1. The van der Waals surface area contributed by atoms with Crippen LogP contribution in [0.2, 0.25) is 5.02 Å². The lowest BCUT2D eigenvalue weighted by molar-refractivity contribution is 0.450. The molecule has 0 aliphatic heterocycles. The van der Waals surface area contributed by atoms with Crippen LogP contribution >= 0.6 is 23.2 Å². The normalized spacial score (nSPS) is 11.0. The van der Waals surface area contributed by atoms with Gasteiger partial charge in [-0.1, -0.05) is 25.4 Å². The van der Waals surface area contributed by atoms with E-state index in [9.17, 15) is 4.39 Å². The Labute approximate surface area is 133 Å². The molecule has 0 radical (unpaired) electrons. The smallest absolute Gasteiger partial charge is 0.223 e. The van der Waals surface area contributed by atoms with Crippen molar-refractivity contribution in [1.82, 2.24) is 4.98 Å². The van der Waals surface area contributed by atoms with Gasteiger partial charge in [0.1, 0.15) is 11.6 Å². The number of rotatable bonds is 4. The second-order valence-corrected chi connectivity index (χ2v) is 5.82. The number of aromatic nitrogens is 1. The number of hydrogen-bond donors (Lipinski definition) is 0. The minimum atomic E-state index is -0.436. The van der Waals surface area contributed by atoms with E-state index in [-0.39, 0.29) is 11.8 Å². The Morgan fingerprint density at radius 1 is 1.29 bits per heavy atom. The molecular formula is C16H16Cl2FNO. The highest BCUT2D eigenvalue weighted by Crippen LogP contribution is 2.34. The van der Waals surface area contributed by atoms with Crippen LogP contribution in [0, 0.1) is 12.7 Å². The van der Waals surface area contributed by atoms with Crippen molar-refractivity contribution in [2.45, 2.75) is 32.6 Å². The predicted octanol–water partition coefficient (Wildman–Crippen LogP) is 5.84. The molecule has 5 heteroatoms. The Hall–Kier alpha value is -1.32. The molecule has 0 aliphatic rings. The van der Waals surface area contributed by atoms with E-state index in [4.69, 9.17) is 27.9 Å². The summed E-state index contributed by atoms with van der Waals surface area (Å²) in [6, 6.07) is 5.07. The van der Waals surface area contributed by atoms with Gasteiger partial charge in [0.25, 0.3) is 0 Å². The maximum Gasteiger partial charge on any atom is 0.223 e. The second-order valence-electron chi connectivity index (χ2n) is 5.15. The number of aryl methyl sites for hydroxylation is 1. The molecule has 0 bridgehead atoms. The number of hydrogen-bond acceptors (Lipinski definition) is 2. The van der Waals surface area contributed by atoms with E-state index in [1.807, 2.05) is 19.1 Å². The molecule has 0 saturated heterocycles. The molecule has 112 valence electrons. The van der Waals surface area contributed by atoms with E-state index >= 15 is 0 Å². The minimum Gasteiger partial charge on any atom is -0.438 e. The Bertz CT molecular complexity index is 659. The standard InChI is InChI=1S/C16H16Cl2FNO/c1-9(2)13-6-15(10(3)4-14(13)18)21-16-11(7-17)5-12(19)8-20-16/h4-6,8-9H,7H2,1-3H3. The lowest BCUT2D eigenvalue weighted by atomic mass is 10.0.